The summed E-state index contributed by atoms with van der Waals surface area (Å²) in [6.45, 7) is 1.28. The highest BCUT2D eigenvalue weighted by molar-refractivity contribution is 7.92. The van der Waals surface area contributed by atoms with Gasteiger partial charge in [-0.15, -0.1) is 0 Å². The number of ether oxygens (including phenoxy) is 2. The van der Waals surface area contributed by atoms with Crippen molar-refractivity contribution in [2.45, 2.75) is 6.92 Å². The van der Waals surface area contributed by atoms with Crippen LogP contribution in [0.15, 0.2) is 77.9 Å². The second-order valence-corrected chi connectivity index (χ2v) is 9.91. The first-order valence-corrected chi connectivity index (χ1v) is 13.0. The van der Waals surface area contributed by atoms with Gasteiger partial charge in [0.25, 0.3) is 11.8 Å². The fourth-order valence-corrected chi connectivity index (χ4v) is 4.05. The lowest BCUT2D eigenvalue weighted by molar-refractivity contribution is -0.119. The van der Waals surface area contributed by atoms with Crippen LogP contribution in [0, 0.1) is 6.92 Å². The fourth-order valence-electron chi connectivity index (χ4n) is 3.19. The van der Waals surface area contributed by atoms with Gasteiger partial charge in [0.1, 0.15) is 18.0 Å². The van der Waals surface area contributed by atoms with Crippen molar-refractivity contribution >= 4 is 39.4 Å². The quantitative estimate of drug-likeness (QED) is 0.293. The number of rotatable bonds is 11. The second kappa shape index (κ2) is 12.5. The van der Waals surface area contributed by atoms with Crippen molar-refractivity contribution < 1.29 is 27.5 Å². The molecule has 3 aromatic rings. The van der Waals surface area contributed by atoms with Crippen LogP contribution in [0.2, 0.25) is 0 Å². The number of para-hydroxylation sites is 2. The van der Waals surface area contributed by atoms with Crippen molar-refractivity contribution in [1.29, 1.82) is 0 Å². The van der Waals surface area contributed by atoms with Gasteiger partial charge in [-0.3, -0.25) is 13.9 Å². The van der Waals surface area contributed by atoms with E-state index in [9.17, 15) is 18.0 Å². The number of anilines is 2. The molecule has 0 spiro atoms. The number of sulfonamides is 1. The van der Waals surface area contributed by atoms with E-state index in [0.717, 1.165) is 16.1 Å². The third-order valence-electron chi connectivity index (χ3n) is 5.04. The molecule has 2 N–H and O–H groups in total. The van der Waals surface area contributed by atoms with Crippen molar-refractivity contribution in [2.24, 2.45) is 5.10 Å². The molecule has 0 saturated heterocycles. The minimum atomic E-state index is -3.67. The van der Waals surface area contributed by atoms with E-state index in [4.69, 9.17) is 9.47 Å². The molecule has 11 heteroatoms. The van der Waals surface area contributed by atoms with Crippen LogP contribution in [0.1, 0.15) is 11.1 Å². The van der Waals surface area contributed by atoms with Crippen molar-refractivity contribution in [3.05, 3.63) is 83.9 Å². The normalized spacial score (nSPS) is 11.1. The Kier molecular flexibility index (Phi) is 9.22. The number of hydrogen-bond donors (Lipinski definition) is 2. The van der Waals surface area contributed by atoms with Crippen molar-refractivity contribution in [2.75, 3.05) is 36.1 Å². The van der Waals surface area contributed by atoms with Gasteiger partial charge >= 0.3 is 0 Å². The third-order valence-corrected chi connectivity index (χ3v) is 6.18. The molecule has 0 saturated carbocycles. The highest BCUT2D eigenvalue weighted by Gasteiger charge is 2.20. The number of nitrogens with one attached hydrogen (secondary N) is 2. The van der Waals surface area contributed by atoms with E-state index in [2.05, 4.69) is 15.8 Å². The Labute approximate surface area is 216 Å². The average Bonchev–Trinajstić information content (AvgIpc) is 2.87. The van der Waals surface area contributed by atoms with Gasteiger partial charge in [-0.1, -0.05) is 29.8 Å². The van der Waals surface area contributed by atoms with Crippen LogP contribution in [0.3, 0.4) is 0 Å². The smallest absolute Gasteiger partial charge is 0.262 e. The SMILES string of the molecule is COc1ccccc1NC(=O)COc1ccc(/C=N\NC(=O)CN(c2ccc(C)cc2)S(C)(=O)=O)cc1. The van der Waals surface area contributed by atoms with E-state index in [-0.39, 0.29) is 12.5 Å². The summed E-state index contributed by atoms with van der Waals surface area (Å²) in [6.07, 6.45) is 2.45. The third kappa shape index (κ3) is 8.36. The molecule has 0 aliphatic carbocycles. The first-order valence-electron chi connectivity index (χ1n) is 11.2. The Bertz CT molecular complexity index is 1360. The maximum absolute atomic E-state index is 12.3. The second-order valence-electron chi connectivity index (χ2n) is 8.00. The summed E-state index contributed by atoms with van der Waals surface area (Å²) in [7, 11) is -2.15. The van der Waals surface area contributed by atoms with Crippen LogP contribution < -0.4 is 24.5 Å². The van der Waals surface area contributed by atoms with Crippen LogP contribution in [-0.2, 0) is 19.6 Å². The number of aryl methyl sites for hydroxylation is 1. The molecule has 0 aliphatic rings. The van der Waals surface area contributed by atoms with E-state index in [1.165, 1.54) is 13.3 Å². The van der Waals surface area contributed by atoms with E-state index in [1.54, 1.807) is 72.8 Å². The molecule has 3 aromatic carbocycles. The Balaban J connectivity index is 1.50. The Hall–Kier alpha value is -4.38. The predicted octanol–water partition coefficient (Wildman–Crippen LogP) is 2.94. The summed E-state index contributed by atoms with van der Waals surface area (Å²) in [5.74, 6) is 0.0823. The Morgan fingerprint density at radius 1 is 0.973 bits per heavy atom. The van der Waals surface area contributed by atoms with Crippen molar-refractivity contribution in [3.63, 3.8) is 0 Å². The molecule has 0 fully saturated rings. The zero-order valence-corrected chi connectivity index (χ0v) is 21.5. The number of nitrogens with zero attached hydrogens (tertiary/aromatic N) is 2. The minimum Gasteiger partial charge on any atom is -0.495 e. The van der Waals surface area contributed by atoms with Gasteiger partial charge in [-0.2, -0.15) is 5.10 Å². The average molecular weight is 525 g/mol. The van der Waals surface area contributed by atoms with Crippen LogP contribution in [0.5, 0.6) is 11.5 Å². The molecule has 3 rings (SSSR count). The molecule has 194 valence electrons. The monoisotopic (exact) mass is 524 g/mol. The van der Waals surface area contributed by atoms with Gasteiger partial charge in [0.05, 0.1) is 31.0 Å². The zero-order chi connectivity index (χ0) is 26.8. The molecule has 0 aromatic heterocycles. The number of carbonyl (C=O) groups is 2. The van der Waals surface area contributed by atoms with Crippen LogP contribution >= 0.6 is 0 Å². The molecule has 37 heavy (non-hydrogen) atoms. The largest absolute Gasteiger partial charge is 0.495 e. The van der Waals surface area contributed by atoms with Gasteiger partial charge in [0, 0.05) is 0 Å². The topological polar surface area (TPSA) is 126 Å². The maximum Gasteiger partial charge on any atom is 0.262 e. The van der Waals surface area contributed by atoms with E-state index in [0.29, 0.717) is 28.4 Å². The lowest BCUT2D eigenvalue weighted by atomic mass is 10.2. The van der Waals surface area contributed by atoms with E-state index < -0.39 is 22.5 Å². The standard InChI is InChI=1S/C26H28N4O6S/c1-19-8-12-21(13-9-19)30(37(3,33)34)17-25(31)29-27-16-20-10-14-22(15-11-20)36-18-26(32)28-23-6-4-5-7-24(23)35-2/h4-16H,17-18H2,1-3H3,(H,28,32)(H,29,31)/b27-16-. The number of carbonyl (C=O) groups excluding carboxylic acids is 2. The molecule has 0 bridgehead atoms. The molecule has 10 nitrogen and oxygen atoms in total. The summed E-state index contributed by atoms with van der Waals surface area (Å²) in [6, 6.07) is 20.6. The first-order chi connectivity index (χ1) is 17.7. The summed E-state index contributed by atoms with van der Waals surface area (Å²) in [5.41, 5.74) is 4.90. The molecule has 0 radical (unpaired) electrons. The molecule has 2 amide bonds. The van der Waals surface area contributed by atoms with Gasteiger partial charge in [0.15, 0.2) is 6.61 Å². The number of hydrogen-bond acceptors (Lipinski definition) is 7. The molecular formula is C26H28N4O6S. The van der Waals surface area contributed by atoms with E-state index in [1.807, 2.05) is 6.92 Å². The first kappa shape index (κ1) is 27.2. The number of amides is 2. The molecule has 0 atom stereocenters. The maximum atomic E-state index is 12.3. The summed E-state index contributed by atoms with van der Waals surface area (Å²) < 4.78 is 36.0. The van der Waals surface area contributed by atoms with Crippen LogP contribution in [-0.4, -0.2) is 53.0 Å². The molecule has 0 heterocycles. The molecule has 0 unspecified atom stereocenters. The van der Waals surface area contributed by atoms with Gasteiger partial charge < -0.3 is 14.8 Å². The van der Waals surface area contributed by atoms with Crippen molar-refractivity contribution in [1.82, 2.24) is 5.43 Å². The Morgan fingerprint density at radius 2 is 1.65 bits per heavy atom. The van der Waals surface area contributed by atoms with E-state index >= 15 is 0 Å². The number of hydrazone groups is 1. The number of methoxy groups -OCH3 is 1. The lowest BCUT2D eigenvalue weighted by Gasteiger charge is -2.21. The Morgan fingerprint density at radius 3 is 2.30 bits per heavy atom. The van der Waals surface area contributed by atoms with Crippen LogP contribution in [0.4, 0.5) is 11.4 Å². The summed E-state index contributed by atoms with van der Waals surface area (Å²) in [5, 5.41) is 6.61. The summed E-state index contributed by atoms with van der Waals surface area (Å²) >= 11 is 0. The lowest BCUT2D eigenvalue weighted by Crippen LogP contribution is -2.39. The molecular weight excluding hydrogens is 496 g/mol. The van der Waals surface area contributed by atoms with Gasteiger partial charge in [-0.05, 0) is 61.0 Å². The fraction of sp³-hybridized carbons (Fsp3) is 0.192. The van der Waals surface area contributed by atoms with Crippen molar-refractivity contribution in [3.8, 4) is 11.5 Å². The summed E-state index contributed by atoms with van der Waals surface area (Å²) in [4.78, 5) is 24.5. The highest BCUT2D eigenvalue weighted by atomic mass is 32.2. The minimum absolute atomic E-state index is 0.195. The van der Waals surface area contributed by atoms with Gasteiger partial charge in [-0.25, -0.2) is 13.8 Å². The van der Waals surface area contributed by atoms with Gasteiger partial charge in [0.2, 0.25) is 10.0 Å². The molecule has 0 aliphatic heterocycles. The zero-order valence-electron chi connectivity index (χ0n) is 20.7. The predicted molar refractivity (Wildman–Crippen MR) is 143 cm³/mol. The highest BCUT2D eigenvalue weighted by Crippen LogP contribution is 2.23. The number of benzene rings is 3. The van der Waals surface area contributed by atoms with Crippen LogP contribution in [0.25, 0.3) is 0 Å².